The van der Waals surface area contributed by atoms with Crippen LogP contribution in [-0.4, -0.2) is 34.1 Å². The van der Waals surface area contributed by atoms with E-state index in [1.807, 2.05) is 13.8 Å². The molecule has 0 radical (unpaired) electrons. The zero-order chi connectivity index (χ0) is 13.9. The summed E-state index contributed by atoms with van der Waals surface area (Å²) in [5, 5.41) is 0. The Bertz CT molecular complexity index is 564. The third-order valence-corrected chi connectivity index (χ3v) is 3.28. The summed E-state index contributed by atoms with van der Waals surface area (Å²) in [6.07, 6.45) is 1.01. The van der Waals surface area contributed by atoms with Crippen molar-refractivity contribution >= 4 is 15.8 Å². The van der Waals surface area contributed by atoms with E-state index >= 15 is 0 Å². The van der Waals surface area contributed by atoms with Crippen LogP contribution in [0.15, 0.2) is 12.1 Å². The van der Waals surface area contributed by atoms with Crippen LogP contribution in [0, 0.1) is 13.8 Å². The van der Waals surface area contributed by atoms with Gasteiger partial charge in [-0.3, -0.25) is 4.79 Å². The standard InChI is InChI=1S/C12H17NO4S/c1-8-5-10(12(17-3)6-9(8)2)11(14)7-13-18(4,15)16/h5-6,13H,7H2,1-4H3. The smallest absolute Gasteiger partial charge is 0.209 e. The summed E-state index contributed by atoms with van der Waals surface area (Å²) in [5.41, 5.74) is 2.36. The van der Waals surface area contributed by atoms with E-state index in [4.69, 9.17) is 4.74 Å². The van der Waals surface area contributed by atoms with Gasteiger partial charge in [0.2, 0.25) is 10.0 Å². The Labute approximate surface area is 107 Å². The highest BCUT2D eigenvalue weighted by atomic mass is 32.2. The second-order valence-corrected chi connectivity index (χ2v) is 5.99. The molecule has 0 bridgehead atoms. The van der Waals surface area contributed by atoms with Crippen molar-refractivity contribution in [3.05, 3.63) is 28.8 Å². The van der Waals surface area contributed by atoms with E-state index in [2.05, 4.69) is 4.72 Å². The SMILES string of the molecule is COc1cc(C)c(C)cc1C(=O)CNS(C)(=O)=O. The molecule has 5 nitrogen and oxygen atoms in total. The van der Waals surface area contributed by atoms with Gasteiger partial charge in [-0.05, 0) is 37.1 Å². The lowest BCUT2D eigenvalue weighted by atomic mass is 10.0. The van der Waals surface area contributed by atoms with Crippen molar-refractivity contribution in [3.8, 4) is 5.75 Å². The summed E-state index contributed by atoms with van der Waals surface area (Å²) in [6.45, 7) is 3.54. The molecule has 0 heterocycles. The largest absolute Gasteiger partial charge is 0.496 e. The summed E-state index contributed by atoms with van der Waals surface area (Å²) in [5.74, 6) is 0.138. The molecule has 0 aromatic heterocycles. The van der Waals surface area contributed by atoms with E-state index in [0.717, 1.165) is 17.4 Å². The minimum Gasteiger partial charge on any atom is -0.496 e. The van der Waals surface area contributed by atoms with Crippen LogP contribution in [-0.2, 0) is 10.0 Å². The molecule has 0 saturated carbocycles. The van der Waals surface area contributed by atoms with E-state index in [0.29, 0.717) is 11.3 Å². The number of methoxy groups -OCH3 is 1. The normalized spacial score (nSPS) is 11.3. The van der Waals surface area contributed by atoms with Gasteiger partial charge in [0.15, 0.2) is 5.78 Å². The average Bonchev–Trinajstić information content (AvgIpc) is 2.28. The molecule has 0 unspecified atom stereocenters. The first-order valence-corrected chi connectivity index (χ1v) is 7.27. The van der Waals surface area contributed by atoms with Crippen molar-refractivity contribution in [2.45, 2.75) is 13.8 Å². The van der Waals surface area contributed by atoms with Crippen LogP contribution in [0.4, 0.5) is 0 Å². The van der Waals surface area contributed by atoms with Crippen molar-refractivity contribution in [2.24, 2.45) is 0 Å². The predicted molar refractivity (Wildman–Crippen MR) is 69.6 cm³/mol. The molecule has 0 atom stereocenters. The zero-order valence-corrected chi connectivity index (χ0v) is 11.7. The third kappa shape index (κ3) is 3.82. The predicted octanol–water partition coefficient (Wildman–Crippen LogP) is 1.04. The average molecular weight is 271 g/mol. The molecule has 0 aliphatic carbocycles. The molecule has 6 heteroatoms. The zero-order valence-electron chi connectivity index (χ0n) is 10.9. The van der Waals surface area contributed by atoms with Crippen molar-refractivity contribution in [2.75, 3.05) is 19.9 Å². The molecular formula is C12H17NO4S. The van der Waals surface area contributed by atoms with E-state index in [9.17, 15) is 13.2 Å². The van der Waals surface area contributed by atoms with Gasteiger partial charge in [-0.1, -0.05) is 0 Å². The quantitative estimate of drug-likeness (QED) is 0.812. The summed E-state index contributed by atoms with van der Waals surface area (Å²) < 4.78 is 29.2. The van der Waals surface area contributed by atoms with Crippen molar-refractivity contribution in [1.82, 2.24) is 4.72 Å². The fourth-order valence-electron chi connectivity index (χ4n) is 1.47. The molecule has 0 aliphatic heterocycles. The Morgan fingerprint density at radius 3 is 2.33 bits per heavy atom. The molecule has 0 aliphatic rings. The molecule has 0 fully saturated rings. The Balaban J connectivity index is 3.02. The fraction of sp³-hybridized carbons (Fsp3) is 0.417. The van der Waals surface area contributed by atoms with Crippen LogP contribution in [0.2, 0.25) is 0 Å². The maximum atomic E-state index is 11.9. The van der Waals surface area contributed by atoms with Gasteiger partial charge in [0, 0.05) is 0 Å². The van der Waals surface area contributed by atoms with Crippen LogP contribution in [0.3, 0.4) is 0 Å². The lowest BCUT2D eigenvalue weighted by Gasteiger charge is -2.11. The van der Waals surface area contributed by atoms with Gasteiger partial charge in [0.05, 0.1) is 25.5 Å². The number of hydrogen-bond acceptors (Lipinski definition) is 4. The number of benzene rings is 1. The molecule has 0 spiro atoms. The molecular weight excluding hydrogens is 254 g/mol. The van der Waals surface area contributed by atoms with Gasteiger partial charge in [0.1, 0.15) is 5.75 Å². The molecule has 1 aromatic carbocycles. The van der Waals surface area contributed by atoms with Crippen molar-refractivity contribution in [1.29, 1.82) is 0 Å². The molecule has 18 heavy (non-hydrogen) atoms. The third-order valence-electron chi connectivity index (χ3n) is 2.61. The summed E-state index contributed by atoms with van der Waals surface area (Å²) in [6, 6.07) is 3.48. The minimum absolute atomic E-state index is 0.266. The first kappa shape index (κ1) is 14.7. The van der Waals surface area contributed by atoms with Gasteiger partial charge >= 0.3 is 0 Å². The van der Waals surface area contributed by atoms with Crippen molar-refractivity contribution < 1.29 is 17.9 Å². The van der Waals surface area contributed by atoms with Gasteiger partial charge < -0.3 is 4.74 Å². The lowest BCUT2D eigenvalue weighted by Crippen LogP contribution is -2.28. The number of aryl methyl sites for hydroxylation is 2. The van der Waals surface area contributed by atoms with E-state index in [1.54, 1.807) is 12.1 Å². The lowest BCUT2D eigenvalue weighted by molar-refractivity contribution is 0.0994. The highest BCUT2D eigenvalue weighted by Gasteiger charge is 2.15. The van der Waals surface area contributed by atoms with Gasteiger partial charge in [-0.15, -0.1) is 0 Å². The number of hydrogen-bond donors (Lipinski definition) is 1. The Hall–Kier alpha value is -1.40. The number of ketones is 1. The van der Waals surface area contributed by atoms with E-state index in [1.165, 1.54) is 7.11 Å². The summed E-state index contributed by atoms with van der Waals surface area (Å²) >= 11 is 0. The first-order chi connectivity index (χ1) is 8.24. The van der Waals surface area contributed by atoms with Crippen LogP contribution in [0.5, 0.6) is 5.75 Å². The Morgan fingerprint density at radius 2 is 1.83 bits per heavy atom. The first-order valence-electron chi connectivity index (χ1n) is 5.37. The molecule has 0 amide bonds. The van der Waals surface area contributed by atoms with Gasteiger partial charge in [-0.2, -0.15) is 0 Å². The fourth-order valence-corrected chi connectivity index (χ4v) is 1.86. The summed E-state index contributed by atoms with van der Waals surface area (Å²) in [7, 11) is -1.90. The number of carbonyl (C=O) groups is 1. The number of sulfonamides is 1. The molecule has 0 saturated heterocycles. The minimum atomic E-state index is -3.38. The molecule has 1 N–H and O–H groups in total. The number of rotatable bonds is 5. The topological polar surface area (TPSA) is 72.5 Å². The Kier molecular flexibility index (Phi) is 4.48. The van der Waals surface area contributed by atoms with Crippen LogP contribution < -0.4 is 9.46 Å². The maximum Gasteiger partial charge on any atom is 0.209 e. The van der Waals surface area contributed by atoms with Crippen LogP contribution >= 0.6 is 0 Å². The second-order valence-electron chi connectivity index (χ2n) is 4.15. The number of carbonyl (C=O) groups excluding carboxylic acids is 1. The number of ether oxygens (including phenoxy) is 1. The molecule has 1 rings (SSSR count). The van der Waals surface area contributed by atoms with E-state index < -0.39 is 10.0 Å². The molecule has 100 valence electrons. The van der Waals surface area contributed by atoms with Gasteiger partial charge in [0.25, 0.3) is 0 Å². The molecule has 1 aromatic rings. The van der Waals surface area contributed by atoms with Crippen LogP contribution in [0.1, 0.15) is 21.5 Å². The second kappa shape index (κ2) is 5.49. The summed E-state index contributed by atoms with van der Waals surface area (Å²) in [4.78, 5) is 11.9. The maximum absolute atomic E-state index is 11.9. The van der Waals surface area contributed by atoms with E-state index in [-0.39, 0.29) is 12.3 Å². The Morgan fingerprint density at radius 1 is 1.28 bits per heavy atom. The van der Waals surface area contributed by atoms with Gasteiger partial charge in [-0.25, -0.2) is 13.1 Å². The number of Topliss-reactive ketones (excluding diaryl/α,β-unsaturated/α-hetero) is 1. The van der Waals surface area contributed by atoms with Crippen LogP contribution in [0.25, 0.3) is 0 Å². The number of nitrogens with one attached hydrogen (secondary N) is 1. The monoisotopic (exact) mass is 271 g/mol. The highest BCUT2D eigenvalue weighted by molar-refractivity contribution is 7.88. The van der Waals surface area contributed by atoms with Crippen molar-refractivity contribution in [3.63, 3.8) is 0 Å². The highest BCUT2D eigenvalue weighted by Crippen LogP contribution is 2.23.